The van der Waals surface area contributed by atoms with E-state index in [0.717, 1.165) is 23.2 Å². The zero-order chi connectivity index (χ0) is 16.5. The van der Waals surface area contributed by atoms with Crippen LogP contribution >= 0.6 is 0 Å². The van der Waals surface area contributed by atoms with Crippen molar-refractivity contribution in [2.75, 3.05) is 0 Å². The van der Waals surface area contributed by atoms with E-state index in [1.807, 2.05) is 0 Å². The fourth-order valence-electron chi connectivity index (χ4n) is 5.84. The maximum atomic E-state index is 2.44. The van der Waals surface area contributed by atoms with Crippen LogP contribution in [0.3, 0.4) is 0 Å². The van der Waals surface area contributed by atoms with Gasteiger partial charge in [0.15, 0.2) is 0 Å². The average Bonchev–Trinajstić information content (AvgIpc) is 2.60. The highest BCUT2D eigenvalue weighted by Gasteiger charge is 2.36. The van der Waals surface area contributed by atoms with Crippen molar-refractivity contribution >= 4 is 0 Å². The van der Waals surface area contributed by atoms with E-state index in [0.29, 0.717) is 0 Å². The number of hydrogen-bond acceptors (Lipinski definition) is 0. The molecule has 0 aromatic rings. The first-order chi connectivity index (χ1) is 11.2. The molecule has 0 bridgehead atoms. The van der Waals surface area contributed by atoms with E-state index >= 15 is 0 Å². The molecule has 2 aliphatic carbocycles. The third kappa shape index (κ3) is 5.79. The second-order valence-corrected chi connectivity index (χ2v) is 9.07. The molecule has 0 heterocycles. The summed E-state index contributed by atoms with van der Waals surface area (Å²) in [5.74, 6) is 3.27. The Morgan fingerprint density at radius 3 is 1.91 bits per heavy atom. The van der Waals surface area contributed by atoms with Gasteiger partial charge in [-0.1, -0.05) is 78.6 Å². The van der Waals surface area contributed by atoms with Crippen molar-refractivity contribution in [3.05, 3.63) is 0 Å². The molecule has 0 N–H and O–H groups in total. The molecule has 0 spiro atoms. The van der Waals surface area contributed by atoms with E-state index < -0.39 is 0 Å². The molecule has 0 nitrogen and oxygen atoms in total. The number of unbranched alkanes of at least 4 members (excludes halogenated alkanes) is 3. The van der Waals surface area contributed by atoms with Gasteiger partial charge < -0.3 is 0 Å². The van der Waals surface area contributed by atoms with Gasteiger partial charge in [-0.2, -0.15) is 0 Å². The molecule has 0 radical (unpaired) electrons. The lowest BCUT2D eigenvalue weighted by atomic mass is 9.62. The molecule has 136 valence electrons. The van der Waals surface area contributed by atoms with Gasteiger partial charge in [0.2, 0.25) is 0 Å². The normalized spacial score (nSPS) is 35.3. The summed E-state index contributed by atoms with van der Waals surface area (Å²) in [5.41, 5.74) is 0.738. The maximum absolute atomic E-state index is 2.44. The SMILES string of the molecule is CCCCCCC1CCC([C@H]2CC[C@](CC)(CCC)CC2)CC1. The minimum absolute atomic E-state index is 0.738. The molecule has 2 fully saturated rings. The summed E-state index contributed by atoms with van der Waals surface area (Å²) in [6.07, 6.45) is 24.1. The molecule has 0 aromatic carbocycles. The van der Waals surface area contributed by atoms with Crippen molar-refractivity contribution in [2.45, 2.75) is 124 Å². The van der Waals surface area contributed by atoms with E-state index in [1.54, 1.807) is 51.4 Å². The number of hydrogen-bond donors (Lipinski definition) is 0. The first-order valence-corrected chi connectivity index (χ1v) is 11.2. The summed E-state index contributed by atoms with van der Waals surface area (Å²) in [6, 6.07) is 0. The van der Waals surface area contributed by atoms with Crippen LogP contribution in [0.1, 0.15) is 124 Å². The molecule has 0 atom stereocenters. The van der Waals surface area contributed by atoms with Crippen LogP contribution in [-0.4, -0.2) is 0 Å². The summed E-state index contributed by atoms with van der Waals surface area (Å²) in [4.78, 5) is 0. The molecule has 2 saturated carbocycles. The third-order valence-corrected chi connectivity index (χ3v) is 7.65. The fourth-order valence-corrected chi connectivity index (χ4v) is 5.84. The topological polar surface area (TPSA) is 0 Å². The standard InChI is InChI=1S/C23H44/c1-4-7-8-9-10-20-11-13-21(14-12-20)22-15-18-23(6-3,17-5-2)19-16-22/h20-22H,4-19H2,1-3H3/t20?,21?,22-,23-. The summed E-state index contributed by atoms with van der Waals surface area (Å²) in [5, 5.41) is 0. The van der Waals surface area contributed by atoms with Crippen LogP contribution in [0.2, 0.25) is 0 Å². The summed E-state index contributed by atoms with van der Waals surface area (Å²) in [7, 11) is 0. The van der Waals surface area contributed by atoms with Crippen molar-refractivity contribution in [1.29, 1.82) is 0 Å². The van der Waals surface area contributed by atoms with Gasteiger partial charge in [0, 0.05) is 0 Å². The van der Waals surface area contributed by atoms with Crippen molar-refractivity contribution in [3.8, 4) is 0 Å². The molecular formula is C23H44. The molecule has 0 unspecified atom stereocenters. The van der Waals surface area contributed by atoms with Crippen LogP contribution in [0.5, 0.6) is 0 Å². The second-order valence-electron chi connectivity index (χ2n) is 9.07. The smallest absolute Gasteiger partial charge is 0.0300 e. The summed E-state index contributed by atoms with van der Waals surface area (Å²) in [6.45, 7) is 7.15. The zero-order valence-corrected chi connectivity index (χ0v) is 16.5. The largest absolute Gasteiger partial charge is 0.0654 e. The van der Waals surface area contributed by atoms with E-state index in [2.05, 4.69) is 20.8 Å². The van der Waals surface area contributed by atoms with Crippen molar-refractivity contribution in [2.24, 2.45) is 23.2 Å². The van der Waals surface area contributed by atoms with Gasteiger partial charge >= 0.3 is 0 Å². The van der Waals surface area contributed by atoms with Crippen LogP contribution in [0, 0.1) is 23.2 Å². The van der Waals surface area contributed by atoms with Crippen molar-refractivity contribution in [3.63, 3.8) is 0 Å². The molecule has 0 amide bonds. The average molecular weight is 321 g/mol. The van der Waals surface area contributed by atoms with Gasteiger partial charge in [-0.05, 0) is 68.1 Å². The predicted octanol–water partition coefficient (Wildman–Crippen LogP) is 8.15. The predicted molar refractivity (Wildman–Crippen MR) is 104 cm³/mol. The lowest BCUT2D eigenvalue weighted by Crippen LogP contribution is -2.31. The van der Waals surface area contributed by atoms with Crippen molar-refractivity contribution in [1.82, 2.24) is 0 Å². The quantitative estimate of drug-likeness (QED) is 0.376. The van der Waals surface area contributed by atoms with Gasteiger partial charge in [0.05, 0.1) is 0 Å². The monoisotopic (exact) mass is 320 g/mol. The van der Waals surface area contributed by atoms with Crippen LogP contribution in [0.4, 0.5) is 0 Å². The highest BCUT2D eigenvalue weighted by Crippen LogP contribution is 2.49. The molecule has 2 rings (SSSR count). The third-order valence-electron chi connectivity index (χ3n) is 7.65. The minimum atomic E-state index is 0.738. The maximum Gasteiger partial charge on any atom is -0.0300 e. The minimum Gasteiger partial charge on any atom is -0.0654 e. The van der Waals surface area contributed by atoms with Crippen LogP contribution in [-0.2, 0) is 0 Å². The Balaban J connectivity index is 1.66. The van der Waals surface area contributed by atoms with Gasteiger partial charge in [-0.25, -0.2) is 0 Å². The van der Waals surface area contributed by atoms with Gasteiger partial charge in [0.25, 0.3) is 0 Å². The molecule has 0 aliphatic heterocycles. The van der Waals surface area contributed by atoms with E-state index in [-0.39, 0.29) is 0 Å². The first-order valence-electron chi connectivity index (χ1n) is 11.2. The van der Waals surface area contributed by atoms with Gasteiger partial charge in [0.1, 0.15) is 0 Å². The molecule has 0 saturated heterocycles. The van der Waals surface area contributed by atoms with Gasteiger partial charge in [-0.15, -0.1) is 0 Å². The van der Waals surface area contributed by atoms with Crippen LogP contribution in [0.25, 0.3) is 0 Å². The molecule has 2 aliphatic rings. The Morgan fingerprint density at radius 2 is 1.35 bits per heavy atom. The Hall–Kier alpha value is 0. The van der Waals surface area contributed by atoms with Crippen LogP contribution < -0.4 is 0 Å². The van der Waals surface area contributed by atoms with E-state index in [4.69, 9.17) is 0 Å². The van der Waals surface area contributed by atoms with Gasteiger partial charge in [-0.3, -0.25) is 0 Å². The van der Waals surface area contributed by atoms with Crippen molar-refractivity contribution < 1.29 is 0 Å². The molecule has 0 aromatic heterocycles. The second kappa shape index (κ2) is 10.1. The highest BCUT2D eigenvalue weighted by atomic mass is 14.4. The lowest BCUT2D eigenvalue weighted by molar-refractivity contribution is 0.0812. The Labute approximate surface area is 147 Å². The Kier molecular flexibility index (Phi) is 8.48. The molecule has 23 heavy (non-hydrogen) atoms. The highest BCUT2D eigenvalue weighted by molar-refractivity contribution is 4.88. The molecule has 0 heteroatoms. The zero-order valence-electron chi connectivity index (χ0n) is 16.5. The Bertz CT molecular complexity index is 289. The lowest BCUT2D eigenvalue weighted by Gasteiger charge is -2.43. The van der Waals surface area contributed by atoms with E-state index in [1.165, 1.54) is 51.4 Å². The van der Waals surface area contributed by atoms with Crippen LogP contribution in [0.15, 0.2) is 0 Å². The first kappa shape index (κ1) is 19.3. The summed E-state index contributed by atoms with van der Waals surface area (Å²) < 4.78 is 0. The fraction of sp³-hybridized carbons (Fsp3) is 1.00. The molecular weight excluding hydrogens is 276 g/mol. The number of rotatable bonds is 9. The van der Waals surface area contributed by atoms with E-state index in [9.17, 15) is 0 Å². The Morgan fingerprint density at radius 1 is 0.696 bits per heavy atom. The summed E-state index contributed by atoms with van der Waals surface area (Å²) >= 11 is 0.